The molecule has 0 spiro atoms. The summed E-state index contributed by atoms with van der Waals surface area (Å²) in [5.74, 6) is -0.748. The lowest BCUT2D eigenvalue weighted by Crippen LogP contribution is -2.53. The largest absolute Gasteiger partial charge is 0.415 e. The van der Waals surface area contributed by atoms with Gasteiger partial charge in [-0.25, -0.2) is 4.39 Å². The summed E-state index contributed by atoms with van der Waals surface area (Å²) < 4.78 is 50.0. The number of carbonyl (C=O) groups is 1. The number of halogens is 4. The summed E-state index contributed by atoms with van der Waals surface area (Å²) in [5, 5.41) is 9.02. The quantitative estimate of drug-likeness (QED) is 0.853. The molecular weight excluding hydrogens is 304 g/mol. The Kier molecular flexibility index (Phi) is 5.02. The van der Waals surface area contributed by atoms with Crippen molar-refractivity contribution in [2.75, 3.05) is 26.2 Å². The predicted molar refractivity (Wildman–Crippen MR) is 70.3 cm³/mol. The minimum absolute atomic E-state index is 0.192. The Morgan fingerprint density at radius 2 is 2.00 bits per heavy atom. The number of aliphatic hydroxyl groups is 1. The number of rotatable bonds is 4. The fourth-order valence-electron chi connectivity index (χ4n) is 2.28. The molecule has 1 aliphatic rings. The fourth-order valence-corrected chi connectivity index (χ4v) is 2.28. The monoisotopic (exact) mass is 320 g/mol. The van der Waals surface area contributed by atoms with Crippen molar-refractivity contribution < 1.29 is 27.5 Å². The predicted octanol–water partition coefficient (Wildman–Crippen LogP) is 1.39. The molecule has 1 aromatic carbocycles. The third-order valence-corrected chi connectivity index (χ3v) is 3.47. The highest BCUT2D eigenvalue weighted by Gasteiger charge is 2.40. The number of carbonyl (C=O) groups excluding carboxylic acids is 1. The van der Waals surface area contributed by atoms with E-state index in [1.807, 2.05) is 0 Å². The first kappa shape index (κ1) is 16.7. The Morgan fingerprint density at radius 1 is 1.27 bits per heavy atom. The van der Waals surface area contributed by atoms with Crippen LogP contribution in [0, 0.1) is 5.82 Å². The third-order valence-electron chi connectivity index (χ3n) is 3.47. The van der Waals surface area contributed by atoms with E-state index in [0.717, 1.165) is 0 Å². The van der Waals surface area contributed by atoms with Gasteiger partial charge in [-0.15, -0.1) is 0 Å². The van der Waals surface area contributed by atoms with Gasteiger partial charge in [0.25, 0.3) is 0 Å². The summed E-state index contributed by atoms with van der Waals surface area (Å²) in [5.41, 5.74) is 0.622. The van der Waals surface area contributed by atoms with E-state index in [9.17, 15) is 22.4 Å². The van der Waals surface area contributed by atoms with Crippen LogP contribution in [0.4, 0.5) is 17.6 Å². The Hall–Kier alpha value is -1.67. The Labute approximate surface area is 124 Å². The first-order valence-corrected chi connectivity index (χ1v) is 6.75. The molecule has 1 fully saturated rings. The van der Waals surface area contributed by atoms with Crippen LogP contribution in [0.25, 0.3) is 0 Å². The van der Waals surface area contributed by atoms with Crippen LogP contribution in [-0.4, -0.2) is 59.3 Å². The van der Waals surface area contributed by atoms with E-state index in [-0.39, 0.29) is 32.1 Å². The zero-order valence-corrected chi connectivity index (χ0v) is 11.7. The molecule has 8 heteroatoms. The second kappa shape index (κ2) is 6.62. The molecule has 1 aromatic rings. The van der Waals surface area contributed by atoms with Gasteiger partial charge < -0.3 is 10.0 Å². The highest BCUT2D eigenvalue weighted by Crippen LogP contribution is 2.21. The number of β-amino-alcohol motifs (C(OH)–C–C–N with tert-alkyl or cyclic N) is 1. The Morgan fingerprint density at radius 3 is 2.59 bits per heavy atom. The smallest absolute Gasteiger partial charge is 0.382 e. The SMILES string of the molecule is O=C1CN(CC(O)C(F)(F)F)CCN1Cc1cccc(F)c1. The Balaban J connectivity index is 1.89. The van der Waals surface area contributed by atoms with Gasteiger partial charge in [-0.2, -0.15) is 13.2 Å². The first-order valence-electron chi connectivity index (χ1n) is 6.75. The molecule has 1 saturated heterocycles. The van der Waals surface area contributed by atoms with E-state index in [2.05, 4.69) is 0 Å². The summed E-state index contributed by atoms with van der Waals surface area (Å²) in [6, 6.07) is 5.82. The summed E-state index contributed by atoms with van der Waals surface area (Å²) >= 11 is 0. The highest BCUT2D eigenvalue weighted by atomic mass is 19.4. The maximum atomic E-state index is 13.1. The van der Waals surface area contributed by atoms with Crippen molar-refractivity contribution in [3.63, 3.8) is 0 Å². The number of benzene rings is 1. The minimum atomic E-state index is -4.69. The van der Waals surface area contributed by atoms with Crippen molar-refractivity contribution in [3.05, 3.63) is 35.6 Å². The topological polar surface area (TPSA) is 43.8 Å². The van der Waals surface area contributed by atoms with Gasteiger partial charge in [-0.1, -0.05) is 12.1 Å². The molecule has 0 aromatic heterocycles. The second-order valence-corrected chi connectivity index (χ2v) is 5.24. The molecule has 1 atom stereocenters. The van der Waals surface area contributed by atoms with Crippen molar-refractivity contribution in [2.45, 2.75) is 18.8 Å². The van der Waals surface area contributed by atoms with E-state index in [1.54, 1.807) is 6.07 Å². The second-order valence-electron chi connectivity index (χ2n) is 5.24. The van der Waals surface area contributed by atoms with Gasteiger partial charge in [-0.3, -0.25) is 9.69 Å². The van der Waals surface area contributed by atoms with Gasteiger partial charge in [0.05, 0.1) is 6.54 Å². The molecular formula is C14H16F4N2O2. The van der Waals surface area contributed by atoms with Crippen LogP contribution in [-0.2, 0) is 11.3 Å². The standard InChI is InChI=1S/C14H16F4N2O2/c15-11-3-1-2-10(6-11)7-20-5-4-19(9-13(20)22)8-12(21)14(16,17)18/h1-3,6,12,21H,4-5,7-9H2. The van der Waals surface area contributed by atoms with Gasteiger partial charge in [0.2, 0.25) is 5.91 Å². The zero-order valence-electron chi connectivity index (χ0n) is 11.7. The number of aliphatic hydroxyl groups excluding tert-OH is 1. The molecule has 22 heavy (non-hydrogen) atoms. The molecule has 0 radical (unpaired) electrons. The summed E-state index contributed by atoms with van der Waals surface area (Å²) in [6.45, 7) is -0.133. The molecule has 0 saturated carbocycles. The van der Waals surface area contributed by atoms with Crippen LogP contribution in [0.5, 0.6) is 0 Å². The van der Waals surface area contributed by atoms with Gasteiger partial charge in [0, 0.05) is 26.2 Å². The van der Waals surface area contributed by atoms with Crippen LogP contribution < -0.4 is 0 Å². The Bertz CT molecular complexity index is 536. The van der Waals surface area contributed by atoms with Crippen molar-refractivity contribution in [2.24, 2.45) is 0 Å². The summed E-state index contributed by atoms with van der Waals surface area (Å²) in [7, 11) is 0. The van der Waals surface area contributed by atoms with Gasteiger partial charge >= 0.3 is 6.18 Å². The fraction of sp³-hybridized carbons (Fsp3) is 0.500. The molecule has 4 nitrogen and oxygen atoms in total. The van der Waals surface area contributed by atoms with E-state index in [4.69, 9.17) is 5.11 Å². The zero-order chi connectivity index (χ0) is 16.3. The lowest BCUT2D eigenvalue weighted by atomic mass is 10.2. The van der Waals surface area contributed by atoms with Crippen LogP contribution in [0.15, 0.2) is 24.3 Å². The normalized spacial score (nSPS) is 18.6. The third kappa shape index (κ3) is 4.41. The highest BCUT2D eigenvalue weighted by molar-refractivity contribution is 5.79. The summed E-state index contributed by atoms with van der Waals surface area (Å²) in [6.07, 6.45) is -7.16. The molecule has 122 valence electrons. The number of nitrogens with zero attached hydrogens (tertiary/aromatic N) is 2. The maximum Gasteiger partial charge on any atom is 0.415 e. The van der Waals surface area contributed by atoms with E-state index >= 15 is 0 Å². The molecule has 1 N–H and O–H groups in total. The molecule has 1 unspecified atom stereocenters. The number of hydrogen-bond donors (Lipinski definition) is 1. The molecule has 1 amide bonds. The first-order chi connectivity index (χ1) is 10.3. The molecule has 0 bridgehead atoms. The van der Waals surface area contributed by atoms with Crippen LogP contribution in [0.3, 0.4) is 0 Å². The lowest BCUT2D eigenvalue weighted by molar-refractivity contribution is -0.209. The van der Waals surface area contributed by atoms with Crippen molar-refractivity contribution in [3.8, 4) is 0 Å². The number of hydrogen-bond acceptors (Lipinski definition) is 3. The van der Waals surface area contributed by atoms with Crippen molar-refractivity contribution >= 4 is 5.91 Å². The number of piperazine rings is 1. The van der Waals surface area contributed by atoms with Gasteiger partial charge in [-0.05, 0) is 17.7 Å². The van der Waals surface area contributed by atoms with E-state index < -0.39 is 24.6 Å². The lowest BCUT2D eigenvalue weighted by Gasteiger charge is -2.35. The van der Waals surface area contributed by atoms with E-state index in [0.29, 0.717) is 5.56 Å². The molecule has 1 aliphatic heterocycles. The van der Waals surface area contributed by atoms with Gasteiger partial charge in [0.15, 0.2) is 6.10 Å². The molecule has 2 rings (SSSR count). The van der Waals surface area contributed by atoms with Crippen LogP contribution in [0.1, 0.15) is 5.56 Å². The van der Waals surface area contributed by atoms with Crippen molar-refractivity contribution in [1.82, 2.24) is 9.80 Å². The number of alkyl halides is 3. The molecule has 0 aliphatic carbocycles. The minimum Gasteiger partial charge on any atom is -0.382 e. The van der Waals surface area contributed by atoms with E-state index in [1.165, 1.54) is 28.0 Å². The van der Waals surface area contributed by atoms with Crippen LogP contribution in [0.2, 0.25) is 0 Å². The summed E-state index contributed by atoms with van der Waals surface area (Å²) in [4.78, 5) is 14.7. The maximum absolute atomic E-state index is 13.1. The average molecular weight is 320 g/mol. The van der Waals surface area contributed by atoms with Crippen LogP contribution >= 0.6 is 0 Å². The molecule has 1 heterocycles. The van der Waals surface area contributed by atoms with Gasteiger partial charge in [0.1, 0.15) is 5.82 Å². The number of amides is 1. The van der Waals surface area contributed by atoms with Crippen molar-refractivity contribution in [1.29, 1.82) is 0 Å². The average Bonchev–Trinajstić information content (AvgIpc) is 2.41.